The molecule has 0 saturated heterocycles. The minimum Gasteiger partial charge on any atom is -0.399 e. The molecule has 0 aliphatic heterocycles. The first-order chi connectivity index (χ1) is 14.7. The standard InChI is InChI=1S/C26H29N3O2/c1-26(2,3)20-14-11-19(12-15-20)25(31)29-22-9-6-8-21(17-22)28-24(30)16-13-18-7-4-5-10-23(18)27/h4-12,14-15,17H,13,16,27H2,1-3H3,(H,28,30)(H,29,31). The van der Waals surface area contributed by atoms with Gasteiger partial charge in [-0.25, -0.2) is 0 Å². The maximum absolute atomic E-state index is 12.6. The average molecular weight is 416 g/mol. The lowest BCUT2D eigenvalue weighted by Crippen LogP contribution is -2.15. The Kier molecular flexibility index (Phi) is 6.75. The Labute approximate surface area is 183 Å². The molecule has 0 aliphatic rings. The highest BCUT2D eigenvalue weighted by Gasteiger charge is 2.14. The molecular formula is C26H29N3O2. The van der Waals surface area contributed by atoms with E-state index in [2.05, 4.69) is 31.4 Å². The van der Waals surface area contributed by atoms with Crippen LogP contribution in [-0.4, -0.2) is 11.8 Å². The molecule has 31 heavy (non-hydrogen) atoms. The molecule has 0 aliphatic carbocycles. The van der Waals surface area contributed by atoms with Crippen molar-refractivity contribution >= 4 is 28.9 Å². The number of carbonyl (C=O) groups is 2. The molecular weight excluding hydrogens is 386 g/mol. The first-order valence-electron chi connectivity index (χ1n) is 10.4. The van der Waals surface area contributed by atoms with Crippen LogP contribution in [0.3, 0.4) is 0 Å². The number of para-hydroxylation sites is 1. The summed E-state index contributed by atoms with van der Waals surface area (Å²) < 4.78 is 0. The summed E-state index contributed by atoms with van der Waals surface area (Å²) in [7, 11) is 0. The van der Waals surface area contributed by atoms with E-state index in [1.54, 1.807) is 24.3 Å². The predicted molar refractivity (Wildman–Crippen MR) is 127 cm³/mol. The van der Waals surface area contributed by atoms with Gasteiger partial charge in [0, 0.05) is 29.0 Å². The third-order valence-electron chi connectivity index (χ3n) is 5.09. The molecule has 3 aromatic carbocycles. The molecule has 5 nitrogen and oxygen atoms in total. The SMILES string of the molecule is CC(C)(C)c1ccc(C(=O)Nc2cccc(NC(=O)CCc3ccccc3N)c2)cc1. The average Bonchev–Trinajstić information content (AvgIpc) is 2.73. The number of carbonyl (C=O) groups excluding carboxylic acids is 2. The Hall–Kier alpha value is -3.60. The van der Waals surface area contributed by atoms with Crippen LogP contribution in [0, 0.1) is 0 Å². The Balaban J connectivity index is 1.59. The van der Waals surface area contributed by atoms with Crippen LogP contribution in [0.4, 0.5) is 17.1 Å². The third-order valence-corrected chi connectivity index (χ3v) is 5.09. The zero-order valence-corrected chi connectivity index (χ0v) is 18.2. The van der Waals surface area contributed by atoms with Gasteiger partial charge in [-0.05, 0) is 59.4 Å². The summed E-state index contributed by atoms with van der Waals surface area (Å²) in [5.74, 6) is -0.298. The molecule has 0 atom stereocenters. The van der Waals surface area contributed by atoms with Crippen LogP contribution in [0.1, 0.15) is 48.7 Å². The highest BCUT2D eigenvalue weighted by Crippen LogP contribution is 2.23. The number of hydrogen-bond donors (Lipinski definition) is 3. The smallest absolute Gasteiger partial charge is 0.255 e. The van der Waals surface area contributed by atoms with E-state index in [1.165, 1.54) is 5.56 Å². The Morgan fingerprint density at radius 2 is 1.48 bits per heavy atom. The van der Waals surface area contributed by atoms with E-state index in [9.17, 15) is 9.59 Å². The van der Waals surface area contributed by atoms with Crippen LogP contribution in [0.25, 0.3) is 0 Å². The van der Waals surface area contributed by atoms with E-state index in [-0.39, 0.29) is 17.2 Å². The number of benzene rings is 3. The van der Waals surface area contributed by atoms with Crippen molar-refractivity contribution in [3.8, 4) is 0 Å². The monoisotopic (exact) mass is 415 g/mol. The van der Waals surface area contributed by atoms with E-state index in [4.69, 9.17) is 5.73 Å². The minimum atomic E-state index is -0.191. The maximum atomic E-state index is 12.6. The second-order valence-electron chi connectivity index (χ2n) is 8.61. The molecule has 4 N–H and O–H groups in total. The van der Waals surface area contributed by atoms with Gasteiger partial charge in [0.1, 0.15) is 0 Å². The number of hydrogen-bond acceptors (Lipinski definition) is 3. The summed E-state index contributed by atoms with van der Waals surface area (Å²) >= 11 is 0. The molecule has 160 valence electrons. The molecule has 0 heterocycles. The van der Waals surface area contributed by atoms with Gasteiger partial charge in [0.25, 0.3) is 5.91 Å². The molecule has 0 aromatic heterocycles. The number of nitrogens with one attached hydrogen (secondary N) is 2. The normalized spacial score (nSPS) is 11.1. The van der Waals surface area contributed by atoms with Crippen LogP contribution < -0.4 is 16.4 Å². The first kappa shape index (κ1) is 22.1. The second kappa shape index (κ2) is 9.47. The van der Waals surface area contributed by atoms with Crippen molar-refractivity contribution in [3.63, 3.8) is 0 Å². The molecule has 0 bridgehead atoms. The van der Waals surface area contributed by atoms with Gasteiger partial charge in [0.2, 0.25) is 5.91 Å². The summed E-state index contributed by atoms with van der Waals surface area (Å²) in [6.07, 6.45) is 0.893. The lowest BCUT2D eigenvalue weighted by molar-refractivity contribution is -0.116. The highest BCUT2D eigenvalue weighted by atomic mass is 16.2. The highest BCUT2D eigenvalue weighted by molar-refractivity contribution is 6.04. The number of amides is 2. The van der Waals surface area contributed by atoms with Gasteiger partial charge in [0.05, 0.1) is 0 Å². The van der Waals surface area contributed by atoms with Crippen LogP contribution in [-0.2, 0) is 16.6 Å². The summed E-state index contributed by atoms with van der Waals surface area (Å²) in [4.78, 5) is 24.9. The molecule has 2 amide bonds. The van der Waals surface area contributed by atoms with Crippen molar-refractivity contribution in [2.45, 2.75) is 39.0 Å². The zero-order chi connectivity index (χ0) is 22.4. The van der Waals surface area contributed by atoms with Gasteiger partial charge >= 0.3 is 0 Å². The van der Waals surface area contributed by atoms with Crippen molar-refractivity contribution in [2.75, 3.05) is 16.4 Å². The van der Waals surface area contributed by atoms with Crippen LogP contribution in [0.2, 0.25) is 0 Å². The fourth-order valence-electron chi connectivity index (χ4n) is 3.23. The number of nitrogens with two attached hydrogens (primary N) is 1. The first-order valence-corrected chi connectivity index (χ1v) is 10.4. The number of rotatable bonds is 6. The van der Waals surface area contributed by atoms with Crippen molar-refractivity contribution < 1.29 is 9.59 Å². The largest absolute Gasteiger partial charge is 0.399 e. The van der Waals surface area contributed by atoms with Crippen molar-refractivity contribution in [3.05, 3.63) is 89.5 Å². The topological polar surface area (TPSA) is 84.2 Å². The summed E-state index contributed by atoms with van der Waals surface area (Å²) in [5.41, 5.74) is 10.6. The van der Waals surface area contributed by atoms with Gasteiger partial charge < -0.3 is 16.4 Å². The molecule has 0 fully saturated rings. The summed E-state index contributed by atoms with van der Waals surface area (Å²) in [6.45, 7) is 6.41. The Morgan fingerprint density at radius 3 is 2.13 bits per heavy atom. The van der Waals surface area contributed by atoms with Gasteiger partial charge in [0.15, 0.2) is 0 Å². The molecule has 0 unspecified atom stereocenters. The molecule has 0 saturated carbocycles. The summed E-state index contributed by atoms with van der Waals surface area (Å²) in [5, 5.41) is 5.77. The number of nitrogen functional groups attached to an aromatic ring is 1. The van der Waals surface area contributed by atoms with Gasteiger partial charge in [-0.2, -0.15) is 0 Å². The van der Waals surface area contributed by atoms with E-state index in [0.717, 1.165) is 5.56 Å². The quantitative estimate of drug-likeness (QED) is 0.472. The van der Waals surface area contributed by atoms with Crippen molar-refractivity contribution in [1.82, 2.24) is 0 Å². The third kappa shape index (κ3) is 6.19. The molecule has 5 heteroatoms. The predicted octanol–water partition coefficient (Wildman–Crippen LogP) is 5.39. The zero-order valence-electron chi connectivity index (χ0n) is 18.2. The van der Waals surface area contributed by atoms with Gasteiger partial charge in [-0.3, -0.25) is 9.59 Å². The molecule has 3 aromatic rings. The number of anilines is 3. The molecule has 3 rings (SSSR count). The fourth-order valence-corrected chi connectivity index (χ4v) is 3.23. The van der Waals surface area contributed by atoms with Gasteiger partial charge in [-0.15, -0.1) is 0 Å². The van der Waals surface area contributed by atoms with Crippen LogP contribution in [0.5, 0.6) is 0 Å². The van der Waals surface area contributed by atoms with Gasteiger partial charge in [-0.1, -0.05) is 57.2 Å². The molecule has 0 spiro atoms. The van der Waals surface area contributed by atoms with Crippen molar-refractivity contribution in [2.24, 2.45) is 0 Å². The lowest BCUT2D eigenvalue weighted by Gasteiger charge is -2.19. The fraction of sp³-hybridized carbons (Fsp3) is 0.231. The van der Waals surface area contributed by atoms with Crippen LogP contribution in [0.15, 0.2) is 72.8 Å². The maximum Gasteiger partial charge on any atom is 0.255 e. The van der Waals surface area contributed by atoms with Crippen molar-refractivity contribution in [1.29, 1.82) is 0 Å². The minimum absolute atomic E-state index is 0.0355. The van der Waals surface area contributed by atoms with E-state index in [0.29, 0.717) is 35.5 Å². The van der Waals surface area contributed by atoms with E-state index >= 15 is 0 Å². The Morgan fingerprint density at radius 1 is 0.839 bits per heavy atom. The second-order valence-corrected chi connectivity index (χ2v) is 8.61. The Bertz CT molecular complexity index is 1070. The van der Waals surface area contributed by atoms with E-state index in [1.807, 2.05) is 48.5 Å². The number of aryl methyl sites for hydroxylation is 1. The van der Waals surface area contributed by atoms with Crippen LogP contribution >= 0.6 is 0 Å². The van der Waals surface area contributed by atoms with E-state index < -0.39 is 0 Å². The molecule has 0 radical (unpaired) electrons. The lowest BCUT2D eigenvalue weighted by atomic mass is 9.87. The summed E-state index contributed by atoms with van der Waals surface area (Å²) in [6, 6.07) is 22.3.